The maximum Gasteiger partial charge on any atom is 0.449 e. The van der Waals surface area contributed by atoms with Crippen molar-refractivity contribution in [3.8, 4) is 0 Å². The Balaban J connectivity index is 1.55. The predicted octanol–water partition coefficient (Wildman–Crippen LogP) is 3.91. The minimum atomic E-state index is -6.07. The predicted molar refractivity (Wildman–Crippen MR) is 81.9 cm³/mol. The van der Waals surface area contributed by atoms with Gasteiger partial charge < -0.3 is 14.6 Å². The van der Waals surface area contributed by atoms with E-state index in [1.54, 1.807) is 0 Å². The SMILES string of the molecule is O=C(OC1C(F)(F)COC(O)(C(F)(F)F)C1(F)F)C1CC2CC1C1CCCCC21. The molecule has 0 aromatic rings. The Labute approximate surface area is 161 Å². The molecule has 4 nitrogen and oxygen atoms in total. The summed E-state index contributed by atoms with van der Waals surface area (Å²) in [6, 6.07) is 0. The molecule has 1 aliphatic heterocycles. The van der Waals surface area contributed by atoms with E-state index in [1.807, 2.05) is 0 Å². The highest BCUT2D eigenvalue weighted by Crippen LogP contribution is 2.60. The molecule has 0 aromatic carbocycles. The van der Waals surface area contributed by atoms with E-state index in [0.29, 0.717) is 18.8 Å². The van der Waals surface area contributed by atoms with Crippen LogP contribution in [0.5, 0.6) is 0 Å². The topological polar surface area (TPSA) is 55.8 Å². The molecule has 4 fully saturated rings. The summed E-state index contributed by atoms with van der Waals surface area (Å²) in [5.41, 5.74) is 0. The van der Waals surface area contributed by atoms with Crippen LogP contribution in [-0.4, -0.2) is 47.6 Å². The van der Waals surface area contributed by atoms with Crippen LogP contribution in [-0.2, 0) is 14.3 Å². The normalized spacial score (nSPS) is 45.7. The minimum absolute atomic E-state index is 0.172. The van der Waals surface area contributed by atoms with E-state index >= 15 is 0 Å². The van der Waals surface area contributed by atoms with Gasteiger partial charge in [-0.15, -0.1) is 0 Å². The van der Waals surface area contributed by atoms with E-state index in [4.69, 9.17) is 0 Å². The van der Waals surface area contributed by atoms with Gasteiger partial charge in [0.25, 0.3) is 0 Å². The molecule has 7 atom stereocenters. The standard InChI is InChI=1S/C18H21F7O4/c19-15(20)7-28-17(27,18(23,24)25)16(21,22)14(15)29-13(26)12-6-8-5-11(12)10-4-2-1-3-9(8)10/h8-12,14,27H,1-7H2. The highest BCUT2D eigenvalue weighted by Gasteiger charge is 2.81. The smallest absolute Gasteiger partial charge is 0.449 e. The average Bonchev–Trinajstić information content (AvgIpc) is 3.21. The fourth-order valence-corrected chi connectivity index (χ4v) is 5.96. The molecule has 4 rings (SSSR count). The Kier molecular flexibility index (Phi) is 4.70. The number of rotatable bonds is 2. The van der Waals surface area contributed by atoms with Gasteiger partial charge in [0, 0.05) is 0 Å². The fourth-order valence-electron chi connectivity index (χ4n) is 5.96. The summed E-state index contributed by atoms with van der Waals surface area (Å²) < 4.78 is 103. The lowest BCUT2D eigenvalue weighted by Crippen LogP contribution is -2.74. The zero-order chi connectivity index (χ0) is 21.4. The molecule has 4 aliphatic rings. The van der Waals surface area contributed by atoms with E-state index in [2.05, 4.69) is 9.47 Å². The lowest BCUT2D eigenvalue weighted by molar-refractivity contribution is -0.479. The van der Waals surface area contributed by atoms with Gasteiger partial charge in [0.15, 0.2) is 0 Å². The number of carbonyl (C=O) groups excluding carboxylic acids is 1. The number of esters is 1. The van der Waals surface area contributed by atoms with Crippen LogP contribution in [0.1, 0.15) is 38.5 Å². The Morgan fingerprint density at radius 3 is 2.24 bits per heavy atom. The number of halogens is 7. The van der Waals surface area contributed by atoms with Crippen molar-refractivity contribution in [1.29, 1.82) is 0 Å². The number of hydrogen-bond acceptors (Lipinski definition) is 4. The van der Waals surface area contributed by atoms with E-state index in [0.717, 1.165) is 25.7 Å². The van der Waals surface area contributed by atoms with Crippen molar-refractivity contribution in [1.82, 2.24) is 0 Å². The summed E-state index contributed by atoms with van der Waals surface area (Å²) in [6.07, 6.45) is -4.99. The highest BCUT2D eigenvalue weighted by molar-refractivity contribution is 5.74. The molecule has 29 heavy (non-hydrogen) atoms. The molecule has 1 N–H and O–H groups in total. The third-order valence-electron chi connectivity index (χ3n) is 7.24. The van der Waals surface area contributed by atoms with E-state index in [1.165, 1.54) is 0 Å². The maximum atomic E-state index is 14.4. The molecule has 1 saturated heterocycles. The molecule has 166 valence electrons. The summed E-state index contributed by atoms with van der Waals surface area (Å²) in [5.74, 6) is -17.0. The van der Waals surface area contributed by atoms with Crippen LogP contribution in [0.3, 0.4) is 0 Å². The average molecular weight is 434 g/mol. The van der Waals surface area contributed by atoms with Crippen LogP contribution in [0.4, 0.5) is 30.7 Å². The van der Waals surface area contributed by atoms with Crippen molar-refractivity contribution in [3.63, 3.8) is 0 Å². The highest BCUT2D eigenvalue weighted by atomic mass is 19.4. The van der Waals surface area contributed by atoms with Gasteiger partial charge in [0.1, 0.15) is 6.61 Å². The van der Waals surface area contributed by atoms with Gasteiger partial charge in [-0.25, -0.2) is 0 Å². The second kappa shape index (κ2) is 6.45. The van der Waals surface area contributed by atoms with Crippen molar-refractivity contribution in [2.45, 2.75) is 68.4 Å². The van der Waals surface area contributed by atoms with Gasteiger partial charge in [-0.05, 0) is 49.4 Å². The van der Waals surface area contributed by atoms with E-state index in [9.17, 15) is 40.6 Å². The Hall–Kier alpha value is -1.10. The first-order chi connectivity index (χ1) is 13.3. The summed E-state index contributed by atoms with van der Waals surface area (Å²) in [6.45, 7) is -2.15. The largest absolute Gasteiger partial charge is 0.449 e. The first-order valence-corrected chi connectivity index (χ1v) is 9.69. The number of aliphatic hydroxyl groups is 1. The van der Waals surface area contributed by atoms with Gasteiger partial charge in [-0.1, -0.05) is 12.8 Å². The Morgan fingerprint density at radius 2 is 1.62 bits per heavy atom. The third-order valence-corrected chi connectivity index (χ3v) is 7.24. The molecular weight excluding hydrogens is 413 g/mol. The van der Waals surface area contributed by atoms with Crippen LogP contribution in [0.2, 0.25) is 0 Å². The van der Waals surface area contributed by atoms with Crippen LogP contribution >= 0.6 is 0 Å². The lowest BCUT2D eigenvalue weighted by Gasteiger charge is -2.46. The first-order valence-electron chi connectivity index (χ1n) is 9.69. The molecule has 1 heterocycles. The lowest BCUT2D eigenvalue weighted by atomic mass is 9.67. The third kappa shape index (κ3) is 2.97. The molecule has 0 aromatic heterocycles. The zero-order valence-corrected chi connectivity index (χ0v) is 15.2. The first kappa shape index (κ1) is 21.1. The van der Waals surface area contributed by atoms with Crippen LogP contribution in [0, 0.1) is 29.6 Å². The quantitative estimate of drug-likeness (QED) is 0.529. The van der Waals surface area contributed by atoms with Crippen molar-refractivity contribution in [2.24, 2.45) is 29.6 Å². The van der Waals surface area contributed by atoms with Crippen LogP contribution in [0.15, 0.2) is 0 Å². The summed E-state index contributed by atoms with van der Waals surface area (Å²) >= 11 is 0. The van der Waals surface area contributed by atoms with Gasteiger partial charge in [-0.3, -0.25) is 4.79 Å². The molecule has 3 aliphatic carbocycles. The Morgan fingerprint density at radius 1 is 1.00 bits per heavy atom. The summed E-state index contributed by atoms with van der Waals surface area (Å²) in [4.78, 5) is 12.5. The van der Waals surface area contributed by atoms with Crippen molar-refractivity contribution in [2.75, 3.05) is 6.61 Å². The minimum Gasteiger partial charge on any atom is -0.449 e. The monoisotopic (exact) mass is 434 g/mol. The molecule has 2 bridgehead atoms. The Bertz CT molecular complexity index is 682. The molecule has 11 heteroatoms. The number of hydrogen-bond donors (Lipinski definition) is 1. The zero-order valence-electron chi connectivity index (χ0n) is 15.2. The number of ether oxygens (including phenoxy) is 2. The second-order valence-corrected chi connectivity index (χ2v) is 8.75. The van der Waals surface area contributed by atoms with Crippen molar-refractivity contribution >= 4 is 5.97 Å². The molecule has 0 radical (unpaired) electrons. The van der Waals surface area contributed by atoms with E-state index < -0.39 is 48.4 Å². The number of fused-ring (bicyclic) bond motifs is 5. The van der Waals surface area contributed by atoms with Gasteiger partial charge in [-0.2, -0.15) is 30.7 Å². The maximum absolute atomic E-state index is 14.4. The number of carbonyl (C=O) groups is 1. The van der Waals surface area contributed by atoms with Crippen molar-refractivity contribution < 1.29 is 50.1 Å². The van der Waals surface area contributed by atoms with Crippen LogP contribution in [0.25, 0.3) is 0 Å². The molecule has 0 amide bonds. The molecule has 3 saturated carbocycles. The van der Waals surface area contributed by atoms with Crippen LogP contribution < -0.4 is 0 Å². The molecule has 7 unspecified atom stereocenters. The molecular formula is C18H21F7O4. The summed E-state index contributed by atoms with van der Waals surface area (Å²) in [7, 11) is 0. The molecule has 0 spiro atoms. The fraction of sp³-hybridized carbons (Fsp3) is 0.944. The van der Waals surface area contributed by atoms with Gasteiger partial charge in [0.05, 0.1) is 5.92 Å². The van der Waals surface area contributed by atoms with Gasteiger partial charge in [0.2, 0.25) is 6.10 Å². The number of alkyl halides is 7. The van der Waals surface area contributed by atoms with Gasteiger partial charge >= 0.3 is 29.8 Å². The second-order valence-electron chi connectivity index (χ2n) is 8.75. The van der Waals surface area contributed by atoms with E-state index in [-0.39, 0.29) is 17.8 Å². The summed E-state index contributed by atoms with van der Waals surface area (Å²) in [5, 5.41) is 9.35. The van der Waals surface area contributed by atoms with Crippen molar-refractivity contribution in [3.05, 3.63) is 0 Å².